The minimum atomic E-state index is -4.39. The van der Waals surface area contributed by atoms with E-state index in [2.05, 4.69) is 0 Å². The van der Waals surface area contributed by atoms with Crippen LogP contribution in [0.4, 0.5) is 13.2 Å². The Bertz CT molecular complexity index is 410. The van der Waals surface area contributed by atoms with Crippen molar-refractivity contribution in [3.05, 3.63) is 35.4 Å². The van der Waals surface area contributed by atoms with Crippen LogP contribution in [-0.4, -0.2) is 12.1 Å². The van der Waals surface area contributed by atoms with Crippen LogP contribution in [0.2, 0.25) is 0 Å². The van der Waals surface area contributed by atoms with Crippen LogP contribution >= 0.6 is 0 Å². The number of rotatable bonds is 2. The number of hydrogen-bond donors (Lipinski definition) is 0. The van der Waals surface area contributed by atoms with Crippen LogP contribution < -0.4 is 5.11 Å². The van der Waals surface area contributed by atoms with Gasteiger partial charge in [-0.3, -0.25) is 0 Å². The monoisotopic (exact) mass is 231 g/mol. The number of carboxylic acids is 1. The Labute approximate surface area is 88.5 Å². The highest BCUT2D eigenvalue weighted by molar-refractivity contribution is 5.74. The van der Waals surface area contributed by atoms with Crippen molar-refractivity contribution in [2.24, 2.45) is 0 Å². The lowest BCUT2D eigenvalue weighted by molar-refractivity contribution is -0.307. The molecule has 0 aliphatic carbocycles. The van der Waals surface area contributed by atoms with E-state index in [4.69, 9.17) is 4.74 Å². The molecule has 86 valence electrons. The molecule has 6 heteroatoms. The molecule has 1 aliphatic rings. The summed E-state index contributed by atoms with van der Waals surface area (Å²) in [5.41, 5.74) is -0.371. The van der Waals surface area contributed by atoms with Crippen LogP contribution in [0.25, 0.3) is 0 Å². The van der Waals surface area contributed by atoms with Gasteiger partial charge in [0, 0.05) is 0 Å². The number of epoxide rings is 1. The molecule has 1 fully saturated rings. The van der Waals surface area contributed by atoms with Gasteiger partial charge in [0.05, 0.1) is 11.5 Å². The molecule has 16 heavy (non-hydrogen) atoms. The van der Waals surface area contributed by atoms with Crippen molar-refractivity contribution in [1.82, 2.24) is 0 Å². The molecule has 0 saturated carbocycles. The SMILES string of the molecule is O=C([O-])[C@@H]1O[C@H]1c1ccc(C(F)(F)F)cc1. The quantitative estimate of drug-likeness (QED) is 0.710. The molecule has 0 N–H and O–H groups in total. The fraction of sp³-hybridized carbons (Fsp3) is 0.300. The molecular weight excluding hydrogens is 225 g/mol. The van der Waals surface area contributed by atoms with E-state index < -0.39 is 29.9 Å². The number of carboxylic acid groups (broad SMARTS) is 1. The number of ether oxygens (including phenoxy) is 1. The second kappa shape index (κ2) is 3.48. The van der Waals surface area contributed by atoms with Crippen molar-refractivity contribution in [2.45, 2.75) is 18.4 Å². The van der Waals surface area contributed by atoms with Crippen molar-refractivity contribution in [2.75, 3.05) is 0 Å². The normalized spacial score (nSPS) is 24.2. The van der Waals surface area contributed by atoms with Crippen LogP contribution in [0.5, 0.6) is 0 Å². The van der Waals surface area contributed by atoms with Gasteiger partial charge in [0.1, 0.15) is 12.2 Å². The molecule has 0 amide bonds. The fourth-order valence-electron chi connectivity index (χ4n) is 1.41. The summed E-state index contributed by atoms with van der Waals surface area (Å²) in [7, 11) is 0. The van der Waals surface area contributed by atoms with Gasteiger partial charge in [0.15, 0.2) is 0 Å². The van der Waals surface area contributed by atoms with E-state index >= 15 is 0 Å². The zero-order valence-corrected chi connectivity index (χ0v) is 7.82. The van der Waals surface area contributed by atoms with E-state index in [9.17, 15) is 23.1 Å². The van der Waals surface area contributed by atoms with Crippen molar-refractivity contribution in [1.29, 1.82) is 0 Å². The molecule has 0 spiro atoms. The number of aliphatic carboxylic acids is 1. The zero-order chi connectivity index (χ0) is 11.9. The molecule has 2 atom stereocenters. The summed E-state index contributed by atoms with van der Waals surface area (Å²) in [5.74, 6) is -1.36. The first-order chi connectivity index (χ1) is 7.39. The summed E-state index contributed by atoms with van der Waals surface area (Å²) in [5, 5.41) is 10.4. The maximum atomic E-state index is 12.2. The molecule has 0 unspecified atom stereocenters. The molecule has 0 aromatic heterocycles. The zero-order valence-electron chi connectivity index (χ0n) is 7.82. The topological polar surface area (TPSA) is 52.7 Å². The van der Waals surface area contributed by atoms with Gasteiger partial charge in [-0.15, -0.1) is 0 Å². The number of alkyl halides is 3. The predicted molar refractivity (Wildman–Crippen MR) is 44.1 cm³/mol. The molecule has 1 aromatic rings. The minimum absolute atomic E-state index is 0.405. The summed E-state index contributed by atoms with van der Waals surface area (Å²) in [4.78, 5) is 10.4. The lowest BCUT2D eigenvalue weighted by Gasteiger charge is -2.06. The first-order valence-corrected chi connectivity index (χ1v) is 4.43. The van der Waals surface area contributed by atoms with Crippen molar-refractivity contribution in [3.8, 4) is 0 Å². The fourth-order valence-corrected chi connectivity index (χ4v) is 1.41. The van der Waals surface area contributed by atoms with Crippen molar-refractivity contribution >= 4 is 5.97 Å². The molecule has 1 saturated heterocycles. The van der Waals surface area contributed by atoms with E-state index in [0.29, 0.717) is 5.56 Å². The average molecular weight is 231 g/mol. The molecule has 1 heterocycles. The number of hydrogen-bond acceptors (Lipinski definition) is 3. The summed E-state index contributed by atoms with van der Waals surface area (Å²) in [6.07, 6.45) is -6.12. The molecule has 1 aromatic carbocycles. The molecule has 3 nitrogen and oxygen atoms in total. The highest BCUT2D eigenvalue weighted by Gasteiger charge is 2.41. The Morgan fingerprint density at radius 2 is 1.81 bits per heavy atom. The smallest absolute Gasteiger partial charge is 0.416 e. The van der Waals surface area contributed by atoms with E-state index in [1.807, 2.05) is 0 Å². The summed E-state index contributed by atoms with van der Waals surface area (Å²) >= 11 is 0. The Kier molecular flexibility index (Phi) is 2.38. The summed E-state index contributed by atoms with van der Waals surface area (Å²) < 4.78 is 41.4. The Morgan fingerprint density at radius 1 is 1.25 bits per heavy atom. The first-order valence-electron chi connectivity index (χ1n) is 4.43. The van der Waals surface area contributed by atoms with Gasteiger partial charge < -0.3 is 14.6 Å². The van der Waals surface area contributed by atoms with Gasteiger partial charge in [0.2, 0.25) is 0 Å². The highest BCUT2D eigenvalue weighted by atomic mass is 19.4. The standard InChI is InChI=1S/C10H7F3O3/c11-10(12,13)6-3-1-5(2-4-6)7-8(16-7)9(14)15/h1-4,7-8H,(H,14,15)/p-1/t7-,8+/m0/s1. The Balaban J connectivity index is 2.13. The van der Waals surface area contributed by atoms with Crippen LogP contribution in [0, 0.1) is 0 Å². The third kappa shape index (κ3) is 2.01. The van der Waals surface area contributed by atoms with E-state index in [1.165, 1.54) is 12.1 Å². The second-order valence-corrected chi connectivity index (χ2v) is 3.42. The molecule has 1 aliphatic heterocycles. The van der Waals surface area contributed by atoms with Crippen molar-refractivity contribution in [3.63, 3.8) is 0 Å². The Morgan fingerprint density at radius 3 is 2.19 bits per heavy atom. The molecular formula is C10H6F3O3-. The van der Waals surface area contributed by atoms with Crippen LogP contribution in [0.15, 0.2) is 24.3 Å². The third-order valence-corrected chi connectivity index (χ3v) is 2.29. The largest absolute Gasteiger partial charge is 0.547 e. The van der Waals surface area contributed by atoms with E-state index in [1.54, 1.807) is 0 Å². The lowest BCUT2D eigenvalue weighted by Crippen LogP contribution is -2.28. The lowest BCUT2D eigenvalue weighted by atomic mass is 10.1. The van der Waals surface area contributed by atoms with Crippen LogP contribution in [0.3, 0.4) is 0 Å². The highest BCUT2D eigenvalue weighted by Crippen LogP contribution is 2.39. The van der Waals surface area contributed by atoms with Crippen molar-refractivity contribution < 1.29 is 27.8 Å². The molecule has 0 bridgehead atoms. The van der Waals surface area contributed by atoms with Crippen LogP contribution in [0.1, 0.15) is 17.2 Å². The van der Waals surface area contributed by atoms with Gasteiger partial charge in [0.25, 0.3) is 0 Å². The summed E-state index contributed by atoms with van der Waals surface area (Å²) in [6.45, 7) is 0. The van der Waals surface area contributed by atoms with E-state index in [-0.39, 0.29) is 0 Å². The summed E-state index contributed by atoms with van der Waals surface area (Å²) in [6, 6.07) is 4.19. The van der Waals surface area contributed by atoms with Gasteiger partial charge >= 0.3 is 6.18 Å². The maximum Gasteiger partial charge on any atom is 0.416 e. The van der Waals surface area contributed by atoms with Gasteiger partial charge in [-0.1, -0.05) is 12.1 Å². The maximum absolute atomic E-state index is 12.2. The number of carbonyl (C=O) groups is 1. The Hall–Kier alpha value is -1.56. The number of benzene rings is 1. The molecule has 2 rings (SSSR count). The van der Waals surface area contributed by atoms with E-state index in [0.717, 1.165) is 12.1 Å². The van der Waals surface area contributed by atoms with Gasteiger partial charge in [-0.25, -0.2) is 0 Å². The minimum Gasteiger partial charge on any atom is -0.547 e. The van der Waals surface area contributed by atoms with Crippen LogP contribution in [-0.2, 0) is 15.7 Å². The first kappa shape index (κ1) is 10.9. The second-order valence-electron chi connectivity index (χ2n) is 3.42. The average Bonchev–Trinajstić information content (AvgIpc) is 2.96. The van der Waals surface area contributed by atoms with Gasteiger partial charge in [-0.2, -0.15) is 13.2 Å². The molecule has 0 radical (unpaired) electrons. The number of halogens is 3. The third-order valence-electron chi connectivity index (χ3n) is 2.29. The predicted octanol–water partition coefficient (Wildman–Crippen LogP) is 0.895. The number of carbonyl (C=O) groups excluding carboxylic acids is 1. The van der Waals surface area contributed by atoms with Gasteiger partial charge in [-0.05, 0) is 17.7 Å².